The fourth-order valence-electron chi connectivity index (χ4n) is 2.36. The van der Waals surface area contributed by atoms with Crippen LogP contribution in [0.5, 0.6) is 0 Å². The molecule has 1 heterocycles. The fraction of sp³-hybridized carbons (Fsp3) is 0.769. The highest BCUT2D eigenvalue weighted by Gasteiger charge is 2.42. The predicted molar refractivity (Wildman–Crippen MR) is 63.8 cm³/mol. The molecule has 0 spiro atoms. The molecule has 0 bridgehead atoms. The Hall–Kier alpha value is -1.01. The van der Waals surface area contributed by atoms with E-state index in [1.807, 2.05) is 20.8 Å². The number of hydrogen-bond acceptors (Lipinski definition) is 2. The van der Waals surface area contributed by atoms with Crippen LogP contribution in [0.4, 0.5) is 0 Å². The number of hydrogen-bond donors (Lipinski definition) is 0. The van der Waals surface area contributed by atoms with E-state index in [9.17, 15) is 4.79 Å². The van der Waals surface area contributed by atoms with Gasteiger partial charge in [0.25, 0.3) is 0 Å². The van der Waals surface area contributed by atoms with Crippen LogP contribution in [0.3, 0.4) is 0 Å². The third-order valence-corrected chi connectivity index (χ3v) is 3.50. The summed E-state index contributed by atoms with van der Waals surface area (Å²) in [6.07, 6.45) is 5.40. The van der Waals surface area contributed by atoms with Crippen LogP contribution in [0.25, 0.3) is 0 Å². The molecule has 90 valence electrons. The molecule has 0 aromatic heterocycles. The van der Waals surface area contributed by atoms with E-state index in [1.165, 1.54) is 0 Å². The summed E-state index contributed by atoms with van der Waals surface area (Å²) in [4.78, 5) is 14.0. The Balaban J connectivity index is 2.76. The van der Waals surface area contributed by atoms with Crippen LogP contribution in [-0.2, 0) is 9.53 Å². The topological polar surface area (TPSA) is 29.5 Å². The molecule has 3 nitrogen and oxygen atoms in total. The first-order valence-corrected chi connectivity index (χ1v) is 5.90. The van der Waals surface area contributed by atoms with E-state index in [0.717, 1.165) is 0 Å². The Kier molecular flexibility index (Phi) is 4.37. The third kappa shape index (κ3) is 2.38. The Labute approximate surface area is 98.1 Å². The van der Waals surface area contributed by atoms with Gasteiger partial charge >= 0.3 is 0 Å². The quantitative estimate of drug-likeness (QED) is 0.679. The van der Waals surface area contributed by atoms with Crippen molar-refractivity contribution in [3.63, 3.8) is 0 Å². The number of ether oxygens (including phenoxy) is 1. The van der Waals surface area contributed by atoms with Gasteiger partial charge in [-0.2, -0.15) is 0 Å². The molecule has 0 aromatic carbocycles. The standard InChI is InChI=1S/C13H21NO2/c1-6-8-14(7-2)13(15)12-9(3)10(4)16-11(12)5/h1,9-12H,7-8H2,2-5H3. The van der Waals surface area contributed by atoms with Crippen molar-refractivity contribution in [1.29, 1.82) is 0 Å². The molecule has 0 aromatic rings. The highest BCUT2D eigenvalue weighted by atomic mass is 16.5. The average Bonchev–Trinajstić information content (AvgIpc) is 2.49. The molecule has 1 aliphatic heterocycles. The van der Waals surface area contributed by atoms with Crippen LogP contribution in [0.2, 0.25) is 0 Å². The molecule has 0 saturated carbocycles. The highest BCUT2D eigenvalue weighted by molar-refractivity contribution is 5.80. The Morgan fingerprint density at radius 2 is 2.00 bits per heavy atom. The van der Waals surface area contributed by atoms with Gasteiger partial charge in [-0.3, -0.25) is 4.79 Å². The highest BCUT2D eigenvalue weighted by Crippen LogP contribution is 2.33. The van der Waals surface area contributed by atoms with Crippen molar-refractivity contribution in [1.82, 2.24) is 4.90 Å². The van der Waals surface area contributed by atoms with Gasteiger partial charge in [0.05, 0.1) is 24.7 Å². The van der Waals surface area contributed by atoms with Crippen molar-refractivity contribution < 1.29 is 9.53 Å². The van der Waals surface area contributed by atoms with E-state index in [4.69, 9.17) is 11.2 Å². The van der Waals surface area contributed by atoms with Gasteiger partial charge in [0.1, 0.15) is 0 Å². The van der Waals surface area contributed by atoms with Crippen LogP contribution in [0.1, 0.15) is 27.7 Å². The molecule has 3 heteroatoms. The molecule has 1 amide bonds. The number of terminal acetylenes is 1. The van der Waals surface area contributed by atoms with Crippen LogP contribution in [-0.4, -0.2) is 36.1 Å². The largest absolute Gasteiger partial charge is 0.374 e. The number of carbonyl (C=O) groups is 1. The van der Waals surface area contributed by atoms with Crippen LogP contribution in [0.15, 0.2) is 0 Å². The molecule has 4 atom stereocenters. The van der Waals surface area contributed by atoms with Crippen molar-refractivity contribution in [2.75, 3.05) is 13.1 Å². The van der Waals surface area contributed by atoms with E-state index in [1.54, 1.807) is 4.90 Å². The second-order valence-electron chi connectivity index (χ2n) is 4.49. The van der Waals surface area contributed by atoms with Gasteiger partial charge in [-0.05, 0) is 26.7 Å². The summed E-state index contributed by atoms with van der Waals surface area (Å²) in [6.45, 7) is 9.05. The smallest absolute Gasteiger partial charge is 0.229 e. The second-order valence-corrected chi connectivity index (χ2v) is 4.49. The normalized spacial score (nSPS) is 33.4. The lowest BCUT2D eigenvalue weighted by Gasteiger charge is -2.25. The lowest BCUT2D eigenvalue weighted by molar-refractivity contribution is -0.137. The second kappa shape index (κ2) is 5.36. The van der Waals surface area contributed by atoms with Crippen molar-refractivity contribution in [3.8, 4) is 12.3 Å². The molecule has 1 aliphatic rings. The van der Waals surface area contributed by atoms with Crippen molar-refractivity contribution >= 4 is 5.91 Å². The maximum absolute atomic E-state index is 12.3. The number of carbonyl (C=O) groups excluding carboxylic acids is 1. The molecular weight excluding hydrogens is 202 g/mol. The Bertz CT molecular complexity index is 295. The maximum Gasteiger partial charge on any atom is 0.229 e. The van der Waals surface area contributed by atoms with Crippen molar-refractivity contribution in [2.24, 2.45) is 11.8 Å². The molecule has 1 rings (SSSR count). The van der Waals surface area contributed by atoms with Crippen molar-refractivity contribution in [3.05, 3.63) is 0 Å². The van der Waals surface area contributed by atoms with Crippen LogP contribution in [0, 0.1) is 24.2 Å². The zero-order valence-electron chi connectivity index (χ0n) is 10.6. The van der Waals surface area contributed by atoms with Gasteiger partial charge in [-0.1, -0.05) is 12.8 Å². The summed E-state index contributed by atoms with van der Waals surface area (Å²) < 4.78 is 5.68. The minimum atomic E-state index is -0.0525. The predicted octanol–water partition coefficient (Wildman–Crippen LogP) is 1.53. The fourth-order valence-corrected chi connectivity index (χ4v) is 2.36. The van der Waals surface area contributed by atoms with E-state index in [2.05, 4.69) is 12.8 Å². The van der Waals surface area contributed by atoms with E-state index in [0.29, 0.717) is 13.1 Å². The molecule has 1 fully saturated rings. The van der Waals surface area contributed by atoms with Gasteiger partial charge in [-0.25, -0.2) is 0 Å². The van der Waals surface area contributed by atoms with Gasteiger partial charge in [-0.15, -0.1) is 6.42 Å². The maximum atomic E-state index is 12.3. The number of amides is 1. The summed E-state index contributed by atoms with van der Waals surface area (Å²) in [5.41, 5.74) is 0. The van der Waals surface area contributed by atoms with Crippen LogP contribution < -0.4 is 0 Å². The molecule has 1 saturated heterocycles. The third-order valence-electron chi connectivity index (χ3n) is 3.50. The number of nitrogens with zero attached hydrogens (tertiary/aromatic N) is 1. The van der Waals surface area contributed by atoms with Gasteiger partial charge < -0.3 is 9.64 Å². The molecule has 0 N–H and O–H groups in total. The molecule has 0 aliphatic carbocycles. The summed E-state index contributed by atoms with van der Waals surface area (Å²) in [5, 5.41) is 0. The monoisotopic (exact) mass is 223 g/mol. The molecule has 16 heavy (non-hydrogen) atoms. The van der Waals surface area contributed by atoms with Gasteiger partial charge in [0.2, 0.25) is 5.91 Å². The molecule has 4 unspecified atom stereocenters. The lowest BCUT2D eigenvalue weighted by Crippen LogP contribution is -2.41. The summed E-state index contributed by atoms with van der Waals surface area (Å²) >= 11 is 0. The summed E-state index contributed by atoms with van der Waals surface area (Å²) in [6, 6.07) is 0. The minimum absolute atomic E-state index is 0.00988. The Morgan fingerprint density at radius 1 is 1.38 bits per heavy atom. The average molecular weight is 223 g/mol. The minimum Gasteiger partial charge on any atom is -0.374 e. The van der Waals surface area contributed by atoms with Gasteiger partial charge in [0, 0.05) is 6.54 Å². The zero-order chi connectivity index (χ0) is 12.3. The van der Waals surface area contributed by atoms with Gasteiger partial charge in [0.15, 0.2) is 0 Å². The first-order valence-electron chi connectivity index (χ1n) is 5.90. The van der Waals surface area contributed by atoms with E-state index in [-0.39, 0.29) is 30.0 Å². The first-order chi connectivity index (χ1) is 7.52. The lowest BCUT2D eigenvalue weighted by atomic mass is 9.88. The van der Waals surface area contributed by atoms with Crippen LogP contribution >= 0.6 is 0 Å². The zero-order valence-corrected chi connectivity index (χ0v) is 10.6. The summed E-state index contributed by atoms with van der Waals surface area (Å²) in [7, 11) is 0. The van der Waals surface area contributed by atoms with E-state index >= 15 is 0 Å². The Morgan fingerprint density at radius 3 is 2.38 bits per heavy atom. The molecule has 0 radical (unpaired) electrons. The SMILES string of the molecule is C#CCN(CC)C(=O)C1C(C)OC(C)C1C. The van der Waals surface area contributed by atoms with E-state index < -0.39 is 0 Å². The molecular formula is C13H21NO2. The summed E-state index contributed by atoms with van der Waals surface area (Å²) in [5.74, 6) is 2.86. The van der Waals surface area contributed by atoms with Crippen molar-refractivity contribution in [2.45, 2.75) is 39.9 Å². The number of rotatable bonds is 3. The first kappa shape index (κ1) is 13.1.